The quantitative estimate of drug-likeness (QED) is 0.882. The van der Waals surface area contributed by atoms with E-state index in [1.807, 2.05) is 36.4 Å². The molecule has 0 amide bonds. The predicted octanol–water partition coefficient (Wildman–Crippen LogP) is 3.97. The molecule has 0 aromatic heterocycles. The van der Waals surface area contributed by atoms with E-state index in [9.17, 15) is 5.11 Å². The van der Waals surface area contributed by atoms with Gasteiger partial charge in [0.2, 0.25) is 0 Å². The van der Waals surface area contributed by atoms with Crippen LogP contribution in [0.4, 0.5) is 0 Å². The molecule has 18 heavy (non-hydrogen) atoms. The highest BCUT2D eigenvalue weighted by molar-refractivity contribution is 6.30. The van der Waals surface area contributed by atoms with Crippen LogP contribution in [0.25, 0.3) is 0 Å². The zero-order chi connectivity index (χ0) is 13.0. The molecule has 0 aliphatic carbocycles. The second-order valence-electron chi connectivity index (χ2n) is 4.57. The van der Waals surface area contributed by atoms with Crippen molar-refractivity contribution in [3.8, 4) is 0 Å². The van der Waals surface area contributed by atoms with E-state index in [2.05, 4.69) is 19.1 Å². The zero-order valence-corrected chi connectivity index (χ0v) is 11.2. The van der Waals surface area contributed by atoms with Crippen molar-refractivity contribution in [1.29, 1.82) is 0 Å². The first-order chi connectivity index (χ1) is 8.70. The standard InChI is InChI=1S/C16H17ClO/c1-12-4-2-3-5-16(12)14(11-18)10-13-6-8-15(17)9-7-13/h2-9,14,18H,10-11H2,1H3/t14-/m0/s1. The molecule has 2 heteroatoms. The van der Waals surface area contributed by atoms with E-state index in [1.165, 1.54) is 16.7 Å². The third-order valence-electron chi connectivity index (χ3n) is 3.24. The molecule has 0 aliphatic rings. The normalized spacial score (nSPS) is 12.4. The van der Waals surface area contributed by atoms with Gasteiger partial charge in [-0.1, -0.05) is 48.0 Å². The van der Waals surface area contributed by atoms with Crippen molar-refractivity contribution in [1.82, 2.24) is 0 Å². The average Bonchev–Trinajstić information content (AvgIpc) is 2.39. The molecule has 2 aromatic carbocycles. The maximum Gasteiger partial charge on any atom is 0.0503 e. The SMILES string of the molecule is Cc1ccccc1[C@H](CO)Cc1ccc(Cl)cc1. The summed E-state index contributed by atoms with van der Waals surface area (Å²) in [6, 6.07) is 16.0. The van der Waals surface area contributed by atoms with E-state index < -0.39 is 0 Å². The highest BCUT2D eigenvalue weighted by Gasteiger charge is 2.13. The maximum absolute atomic E-state index is 9.59. The highest BCUT2D eigenvalue weighted by Crippen LogP contribution is 2.24. The number of hydrogen-bond acceptors (Lipinski definition) is 1. The van der Waals surface area contributed by atoms with Gasteiger partial charge in [0.1, 0.15) is 0 Å². The molecule has 1 atom stereocenters. The van der Waals surface area contributed by atoms with E-state index in [4.69, 9.17) is 11.6 Å². The van der Waals surface area contributed by atoms with Crippen LogP contribution >= 0.6 is 11.6 Å². The zero-order valence-electron chi connectivity index (χ0n) is 10.4. The first-order valence-electron chi connectivity index (χ1n) is 6.11. The summed E-state index contributed by atoms with van der Waals surface area (Å²) in [5.41, 5.74) is 3.64. The minimum Gasteiger partial charge on any atom is -0.396 e. The summed E-state index contributed by atoms with van der Waals surface area (Å²) in [6.45, 7) is 2.24. The van der Waals surface area contributed by atoms with Crippen LogP contribution in [0, 0.1) is 6.92 Å². The van der Waals surface area contributed by atoms with Gasteiger partial charge in [-0.05, 0) is 42.2 Å². The van der Waals surface area contributed by atoms with Crippen molar-refractivity contribution in [3.05, 3.63) is 70.2 Å². The summed E-state index contributed by atoms with van der Waals surface area (Å²) in [7, 11) is 0. The minimum atomic E-state index is 0.146. The van der Waals surface area contributed by atoms with Crippen molar-refractivity contribution in [2.45, 2.75) is 19.3 Å². The number of rotatable bonds is 4. The van der Waals surface area contributed by atoms with Crippen LogP contribution in [-0.4, -0.2) is 11.7 Å². The number of benzene rings is 2. The Kier molecular flexibility index (Phi) is 4.40. The van der Waals surface area contributed by atoms with Gasteiger partial charge in [-0.2, -0.15) is 0 Å². The fraction of sp³-hybridized carbons (Fsp3) is 0.250. The molecule has 1 N–H and O–H groups in total. The third kappa shape index (κ3) is 3.12. The molecule has 0 saturated heterocycles. The Balaban J connectivity index is 2.20. The fourth-order valence-corrected chi connectivity index (χ4v) is 2.35. The summed E-state index contributed by atoms with van der Waals surface area (Å²) in [5, 5.41) is 10.3. The molecule has 0 saturated carbocycles. The Morgan fingerprint density at radius 2 is 1.72 bits per heavy atom. The summed E-state index contributed by atoms with van der Waals surface area (Å²) < 4.78 is 0. The molecule has 0 fully saturated rings. The van der Waals surface area contributed by atoms with Crippen molar-refractivity contribution in [2.24, 2.45) is 0 Å². The van der Waals surface area contributed by atoms with Crippen LogP contribution in [-0.2, 0) is 6.42 Å². The van der Waals surface area contributed by atoms with E-state index in [0.29, 0.717) is 0 Å². The van der Waals surface area contributed by atoms with Gasteiger partial charge in [0, 0.05) is 10.9 Å². The van der Waals surface area contributed by atoms with Crippen LogP contribution in [0.1, 0.15) is 22.6 Å². The van der Waals surface area contributed by atoms with Gasteiger partial charge in [-0.25, -0.2) is 0 Å². The van der Waals surface area contributed by atoms with Crippen LogP contribution in [0.2, 0.25) is 5.02 Å². The van der Waals surface area contributed by atoms with Gasteiger partial charge in [0.25, 0.3) is 0 Å². The van der Waals surface area contributed by atoms with Crippen molar-refractivity contribution in [2.75, 3.05) is 6.61 Å². The molecule has 1 nitrogen and oxygen atoms in total. The Bertz CT molecular complexity index is 505. The van der Waals surface area contributed by atoms with Gasteiger partial charge in [-0.3, -0.25) is 0 Å². The fourth-order valence-electron chi connectivity index (χ4n) is 2.22. The molecule has 0 radical (unpaired) electrons. The summed E-state index contributed by atoms with van der Waals surface area (Å²) in [4.78, 5) is 0. The summed E-state index contributed by atoms with van der Waals surface area (Å²) in [5.74, 6) is 0.146. The Hall–Kier alpha value is -1.31. The molecule has 0 unspecified atom stereocenters. The van der Waals surface area contributed by atoms with Gasteiger partial charge in [0.05, 0.1) is 6.61 Å². The van der Waals surface area contributed by atoms with Crippen LogP contribution in [0.15, 0.2) is 48.5 Å². The Morgan fingerprint density at radius 3 is 2.33 bits per heavy atom. The highest BCUT2D eigenvalue weighted by atomic mass is 35.5. The molecule has 2 rings (SSSR count). The Morgan fingerprint density at radius 1 is 1.06 bits per heavy atom. The monoisotopic (exact) mass is 260 g/mol. The van der Waals surface area contributed by atoms with Gasteiger partial charge in [-0.15, -0.1) is 0 Å². The molecule has 0 heterocycles. The average molecular weight is 261 g/mol. The van der Waals surface area contributed by atoms with E-state index in [0.717, 1.165) is 11.4 Å². The number of aliphatic hydroxyl groups is 1. The van der Waals surface area contributed by atoms with Crippen molar-refractivity contribution in [3.63, 3.8) is 0 Å². The minimum absolute atomic E-state index is 0.146. The number of aliphatic hydroxyl groups excluding tert-OH is 1. The van der Waals surface area contributed by atoms with Gasteiger partial charge >= 0.3 is 0 Å². The first kappa shape index (κ1) is 13.1. The lowest BCUT2D eigenvalue weighted by Gasteiger charge is -2.17. The number of aryl methyl sites for hydroxylation is 1. The molecular formula is C16H17ClO. The molecule has 2 aromatic rings. The second kappa shape index (κ2) is 6.03. The third-order valence-corrected chi connectivity index (χ3v) is 3.50. The molecular weight excluding hydrogens is 244 g/mol. The predicted molar refractivity (Wildman–Crippen MR) is 76.2 cm³/mol. The second-order valence-corrected chi connectivity index (χ2v) is 5.00. The number of hydrogen-bond donors (Lipinski definition) is 1. The largest absolute Gasteiger partial charge is 0.396 e. The van der Waals surface area contributed by atoms with Gasteiger partial charge < -0.3 is 5.11 Å². The van der Waals surface area contributed by atoms with Gasteiger partial charge in [0.15, 0.2) is 0 Å². The van der Waals surface area contributed by atoms with E-state index in [-0.39, 0.29) is 12.5 Å². The molecule has 94 valence electrons. The first-order valence-corrected chi connectivity index (χ1v) is 6.49. The van der Waals surface area contributed by atoms with Crippen molar-refractivity contribution >= 4 is 11.6 Å². The lowest BCUT2D eigenvalue weighted by molar-refractivity contribution is 0.264. The van der Waals surface area contributed by atoms with E-state index >= 15 is 0 Å². The maximum atomic E-state index is 9.59. The Labute approximate surface area is 113 Å². The molecule has 0 spiro atoms. The van der Waals surface area contributed by atoms with E-state index in [1.54, 1.807) is 0 Å². The summed E-state index contributed by atoms with van der Waals surface area (Å²) in [6.07, 6.45) is 0.832. The summed E-state index contributed by atoms with van der Waals surface area (Å²) >= 11 is 5.87. The van der Waals surface area contributed by atoms with Crippen LogP contribution in [0.5, 0.6) is 0 Å². The number of halogens is 1. The van der Waals surface area contributed by atoms with Crippen molar-refractivity contribution < 1.29 is 5.11 Å². The van der Waals surface area contributed by atoms with Crippen LogP contribution < -0.4 is 0 Å². The molecule has 0 bridgehead atoms. The van der Waals surface area contributed by atoms with Crippen LogP contribution in [0.3, 0.4) is 0 Å². The smallest absolute Gasteiger partial charge is 0.0503 e. The lowest BCUT2D eigenvalue weighted by atomic mass is 9.90. The topological polar surface area (TPSA) is 20.2 Å². The lowest BCUT2D eigenvalue weighted by Crippen LogP contribution is -2.09. The molecule has 0 aliphatic heterocycles.